The number of carbonyl (C=O) groups excluding carboxylic acids is 2. The lowest BCUT2D eigenvalue weighted by Crippen LogP contribution is -2.53. The predicted octanol–water partition coefficient (Wildman–Crippen LogP) is 3.18. The van der Waals surface area contributed by atoms with Gasteiger partial charge in [0.25, 0.3) is 5.91 Å². The molecule has 0 spiro atoms. The molecule has 4 heterocycles. The molecule has 2 aromatic heterocycles. The van der Waals surface area contributed by atoms with E-state index in [9.17, 15) is 22.8 Å². The van der Waals surface area contributed by atoms with Gasteiger partial charge in [0.1, 0.15) is 17.6 Å². The molecule has 0 saturated carbocycles. The molecule has 166 valence electrons. The van der Waals surface area contributed by atoms with Gasteiger partial charge in [-0.3, -0.25) is 4.79 Å². The zero-order valence-corrected chi connectivity index (χ0v) is 17.0. The van der Waals surface area contributed by atoms with Crippen molar-refractivity contribution in [3.8, 4) is 6.07 Å². The normalized spacial score (nSPS) is 18.6. The number of halogens is 3. The monoisotopic (exact) mass is 452 g/mol. The SMILES string of the molecule is N#Cc1cccc(N2C(=O)C3CN(c4nccc5nc(C(F)(F)F)ccc45)CCN3C2=O)c1. The molecule has 1 atom stereocenters. The van der Waals surface area contributed by atoms with Crippen LogP contribution in [0.25, 0.3) is 10.9 Å². The smallest absolute Gasteiger partial charge is 0.352 e. The second kappa shape index (κ2) is 7.44. The van der Waals surface area contributed by atoms with E-state index in [2.05, 4.69) is 9.97 Å². The van der Waals surface area contributed by atoms with Crippen molar-refractivity contribution >= 4 is 34.3 Å². The highest BCUT2D eigenvalue weighted by molar-refractivity contribution is 6.21. The molecule has 8 nitrogen and oxygen atoms in total. The van der Waals surface area contributed by atoms with Crippen molar-refractivity contribution in [2.45, 2.75) is 12.2 Å². The topological polar surface area (TPSA) is 93.4 Å². The fourth-order valence-electron chi connectivity index (χ4n) is 4.19. The summed E-state index contributed by atoms with van der Waals surface area (Å²) in [5.74, 6) is -0.0314. The van der Waals surface area contributed by atoms with Crippen molar-refractivity contribution in [3.63, 3.8) is 0 Å². The molecule has 5 rings (SSSR count). The lowest BCUT2D eigenvalue weighted by atomic mass is 10.1. The van der Waals surface area contributed by atoms with Gasteiger partial charge < -0.3 is 9.80 Å². The van der Waals surface area contributed by atoms with E-state index in [1.165, 1.54) is 29.3 Å². The number of hydrogen-bond donors (Lipinski definition) is 0. The Bertz CT molecular complexity index is 1340. The summed E-state index contributed by atoms with van der Waals surface area (Å²) < 4.78 is 39.1. The molecule has 0 radical (unpaired) electrons. The van der Waals surface area contributed by atoms with Crippen LogP contribution < -0.4 is 9.80 Å². The third-order valence-corrected chi connectivity index (χ3v) is 5.74. The van der Waals surface area contributed by atoms with Gasteiger partial charge in [0.2, 0.25) is 0 Å². The predicted molar refractivity (Wildman–Crippen MR) is 111 cm³/mol. The van der Waals surface area contributed by atoms with Gasteiger partial charge in [-0.2, -0.15) is 18.4 Å². The molecule has 33 heavy (non-hydrogen) atoms. The minimum Gasteiger partial charge on any atom is -0.352 e. The maximum Gasteiger partial charge on any atom is 0.433 e. The number of nitrogens with zero attached hydrogens (tertiary/aromatic N) is 6. The van der Waals surface area contributed by atoms with Crippen molar-refractivity contribution in [1.29, 1.82) is 5.26 Å². The lowest BCUT2D eigenvalue weighted by Gasteiger charge is -2.36. The lowest BCUT2D eigenvalue weighted by molar-refractivity contribution is -0.141. The van der Waals surface area contributed by atoms with Crippen molar-refractivity contribution in [1.82, 2.24) is 14.9 Å². The maximum absolute atomic E-state index is 13.1. The van der Waals surface area contributed by atoms with Crippen LogP contribution in [-0.2, 0) is 11.0 Å². The van der Waals surface area contributed by atoms with Gasteiger partial charge >= 0.3 is 12.2 Å². The van der Waals surface area contributed by atoms with Crippen LogP contribution >= 0.6 is 0 Å². The number of piperazine rings is 1. The van der Waals surface area contributed by atoms with Gasteiger partial charge in [0.15, 0.2) is 0 Å². The van der Waals surface area contributed by atoms with Gasteiger partial charge in [0.05, 0.1) is 22.8 Å². The first kappa shape index (κ1) is 20.7. The minimum atomic E-state index is -4.56. The molecule has 3 aromatic rings. The summed E-state index contributed by atoms with van der Waals surface area (Å²) in [5.41, 5.74) is -0.216. The Hall–Kier alpha value is -4.20. The van der Waals surface area contributed by atoms with E-state index in [1.807, 2.05) is 6.07 Å². The summed E-state index contributed by atoms with van der Waals surface area (Å²) in [4.78, 5) is 38.4. The van der Waals surface area contributed by atoms with Crippen LogP contribution in [0.15, 0.2) is 48.7 Å². The number of alkyl halides is 3. The van der Waals surface area contributed by atoms with E-state index in [0.29, 0.717) is 29.0 Å². The molecule has 0 N–H and O–H groups in total. The summed E-state index contributed by atoms with van der Waals surface area (Å²) >= 11 is 0. The Morgan fingerprint density at radius 3 is 2.67 bits per heavy atom. The van der Waals surface area contributed by atoms with Gasteiger partial charge in [-0.15, -0.1) is 0 Å². The summed E-state index contributed by atoms with van der Waals surface area (Å²) in [7, 11) is 0. The number of anilines is 2. The third kappa shape index (κ3) is 3.40. The average Bonchev–Trinajstić information content (AvgIpc) is 3.07. The van der Waals surface area contributed by atoms with Crippen molar-refractivity contribution in [3.05, 3.63) is 59.9 Å². The summed E-state index contributed by atoms with van der Waals surface area (Å²) in [5, 5.41) is 9.55. The van der Waals surface area contributed by atoms with Crippen LogP contribution in [0.5, 0.6) is 0 Å². The summed E-state index contributed by atoms with van der Waals surface area (Å²) in [6, 6.07) is 10.6. The number of hydrogen-bond acceptors (Lipinski definition) is 6. The number of carbonyl (C=O) groups is 2. The fraction of sp³-hybridized carbons (Fsp3) is 0.227. The van der Waals surface area contributed by atoms with Crippen LogP contribution in [0.2, 0.25) is 0 Å². The Morgan fingerprint density at radius 2 is 1.91 bits per heavy atom. The molecule has 2 saturated heterocycles. The molecular formula is C22H15F3N6O2. The van der Waals surface area contributed by atoms with Crippen LogP contribution in [0, 0.1) is 11.3 Å². The number of rotatable bonds is 2. The molecule has 0 bridgehead atoms. The highest BCUT2D eigenvalue weighted by Gasteiger charge is 2.48. The number of aromatic nitrogens is 2. The van der Waals surface area contributed by atoms with Crippen molar-refractivity contribution < 1.29 is 22.8 Å². The van der Waals surface area contributed by atoms with E-state index in [4.69, 9.17) is 5.26 Å². The van der Waals surface area contributed by atoms with E-state index < -0.39 is 29.9 Å². The van der Waals surface area contributed by atoms with E-state index in [1.54, 1.807) is 23.1 Å². The first-order valence-corrected chi connectivity index (χ1v) is 10.0. The number of pyridine rings is 2. The minimum absolute atomic E-state index is 0.131. The quantitative estimate of drug-likeness (QED) is 0.555. The van der Waals surface area contributed by atoms with Gasteiger partial charge in [-0.25, -0.2) is 19.7 Å². The first-order chi connectivity index (χ1) is 15.8. The standard InChI is InChI=1S/C22H15F3N6O2/c23-22(24,25)18-5-4-15-16(28-18)6-7-27-19(15)29-8-9-30-17(12-29)20(32)31(21(30)33)14-3-1-2-13(10-14)11-26/h1-7,10,17H,8-9,12H2. The van der Waals surface area contributed by atoms with Crippen LogP contribution in [-0.4, -0.2) is 52.5 Å². The molecule has 2 aliphatic heterocycles. The number of benzene rings is 1. The number of urea groups is 1. The van der Waals surface area contributed by atoms with Crippen molar-refractivity contribution in [2.24, 2.45) is 0 Å². The molecule has 2 fully saturated rings. The second-order valence-electron chi connectivity index (χ2n) is 7.67. The molecule has 1 unspecified atom stereocenters. The molecule has 2 aliphatic rings. The Labute approximate surface area is 185 Å². The van der Waals surface area contributed by atoms with Gasteiger partial charge in [-0.05, 0) is 36.4 Å². The number of nitriles is 1. The largest absolute Gasteiger partial charge is 0.433 e. The first-order valence-electron chi connectivity index (χ1n) is 10.0. The molecular weight excluding hydrogens is 437 g/mol. The third-order valence-electron chi connectivity index (χ3n) is 5.74. The van der Waals surface area contributed by atoms with Crippen LogP contribution in [0.3, 0.4) is 0 Å². The Balaban J connectivity index is 1.46. The van der Waals surface area contributed by atoms with E-state index in [0.717, 1.165) is 11.0 Å². The zero-order valence-electron chi connectivity index (χ0n) is 17.0. The number of imide groups is 1. The second-order valence-corrected chi connectivity index (χ2v) is 7.67. The van der Waals surface area contributed by atoms with E-state index in [-0.39, 0.29) is 18.6 Å². The molecule has 3 amide bonds. The van der Waals surface area contributed by atoms with Gasteiger partial charge in [-0.1, -0.05) is 6.07 Å². The van der Waals surface area contributed by atoms with Crippen molar-refractivity contribution in [2.75, 3.05) is 29.4 Å². The molecule has 11 heteroatoms. The maximum atomic E-state index is 13.1. The molecule has 1 aromatic carbocycles. The zero-order chi connectivity index (χ0) is 23.3. The van der Waals surface area contributed by atoms with Gasteiger partial charge in [0, 0.05) is 31.2 Å². The number of amides is 3. The highest BCUT2D eigenvalue weighted by Crippen LogP contribution is 2.33. The van der Waals surface area contributed by atoms with E-state index >= 15 is 0 Å². The van der Waals surface area contributed by atoms with Crippen LogP contribution in [0.1, 0.15) is 11.3 Å². The summed E-state index contributed by atoms with van der Waals surface area (Å²) in [6.07, 6.45) is -3.19. The average molecular weight is 452 g/mol. The fourth-order valence-corrected chi connectivity index (χ4v) is 4.19. The molecule has 0 aliphatic carbocycles. The van der Waals surface area contributed by atoms with Crippen LogP contribution in [0.4, 0.5) is 29.5 Å². The number of fused-ring (bicyclic) bond motifs is 2. The Morgan fingerprint density at radius 1 is 1.09 bits per heavy atom. The highest BCUT2D eigenvalue weighted by atomic mass is 19.4. The Kier molecular flexibility index (Phi) is 4.67. The summed E-state index contributed by atoms with van der Waals surface area (Å²) in [6.45, 7) is 0.705.